The van der Waals surface area contributed by atoms with Gasteiger partial charge in [-0.2, -0.15) is 0 Å². The monoisotopic (exact) mass is 202 g/mol. The lowest BCUT2D eigenvalue weighted by molar-refractivity contribution is 0.917. The van der Waals surface area contributed by atoms with E-state index in [0.29, 0.717) is 0 Å². The van der Waals surface area contributed by atoms with Crippen molar-refractivity contribution in [1.82, 2.24) is 0 Å². The molecule has 2 aliphatic carbocycles. The Morgan fingerprint density at radius 2 is 2.00 bits per heavy atom. The molecule has 1 aromatic heterocycles. The van der Waals surface area contributed by atoms with Crippen LogP contribution in [-0.2, 0) is 12.8 Å². The molecule has 0 N–H and O–H groups in total. The van der Waals surface area contributed by atoms with E-state index in [2.05, 4.69) is 25.2 Å². The molecule has 0 radical (unpaired) electrons. The molecule has 1 heterocycles. The van der Waals surface area contributed by atoms with Crippen LogP contribution >= 0.6 is 11.3 Å². The number of rotatable bonds is 0. The second-order valence-corrected chi connectivity index (χ2v) is 5.17. The third kappa shape index (κ3) is 1.12. The molecule has 14 heavy (non-hydrogen) atoms. The number of allylic oxidation sites excluding steroid dienone is 3. The molecular weight excluding hydrogens is 188 g/mol. The van der Waals surface area contributed by atoms with E-state index in [1.807, 2.05) is 11.3 Å². The molecule has 0 saturated heterocycles. The highest BCUT2D eigenvalue weighted by Crippen LogP contribution is 2.40. The Balaban J connectivity index is 2.22. The molecule has 0 unspecified atom stereocenters. The summed E-state index contributed by atoms with van der Waals surface area (Å²) in [5.74, 6) is 0. The number of hydrogen-bond acceptors (Lipinski definition) is 1. The summed E-state index contributed by atoms with van der Waals surface area (Å²) < 4.78 is 0. The van der Waals surface area contributed by atoms with Gasteiger partial charge in [0.25, 0.3) is 0 Å². The second kappa shape index (κ2) is 3.09. The van der Waals surface area contributed by atoms with Gasteiger partial charge in [0.15, 0.2) is 0 Å². The number of hydrogen-bond donors (Lipinski definition) is 0. The maximum atomic E-state index is 2.38. The fourth-order valence-corrected chi connectivity index (χ4v) is 3.78. The van der Waals surface area contributed by atoms with Crippen molar-refractivity contribution in [1.29, 1.82) is 0 Å². The van der Waals surface area contributed by atoms with Crippen LogP contribution in [0.5, 0.6) is 0 Å². The zero-order valence-electron chi connectivity index (χ0n) is 8.47. The van der Waals surface area contributed by atoms with E-state index in [1.54, 1.807) is 16.0 Å². The van der Waals surface area contributed by atoms with E-state index in [0.717, 1.165) is 0 Å². The molecule has 0 spiro atoms. The normalized spacial score (nSPS) is 18.8. The van der Waals surface area contributed by atoms with Crippen molar-refractivity contribution in [3.8, 4) is 0 Å². The molecule has 0 fully saturated rings. The van der Waals surface area contributed by atoms with Crippen molar-refractivity contribution >= 4 is 23.0 Å². The van der Waals surface area contributed by atoms with Gasteiger partial charge in [-0.1, -0.05) is 12.2 Å². The second-order valence-electron chi connectivity index (χ2n) is 4.12. The highest BCUT2D eigenvalue weighted by Gasteiger charge is 2.20. The molecule has 1 heteroatoms. The first-order valence-electron chi connectivity index (χ1n) is 5.34. The lowest BCUT2D eigenvalue weighted by atomic mass is 9.92. The zero-order chi connectivity index (χ0) is 9.54. The van der Waals surface area contributed by atoms with Crippen LogP contribution in [0, 0.1) is 0 Å². The van der Waals surface area contributed by atoms with Crippen molar-refractivity contribution in [2.75, 3.05) is 0 Å². The van der Waals surface area contributed by atoms with Crippen LogP contribution in [0.2, 0.25) is 0 Å². The Morgan fingerprint density at radius 3 is 2.93 bits per heavy atom. The highest BCUT2D eigenvalue weighted by atomic mass is 32.1. The largest absolute Gasteiger partial charge is 0.136 e. The number of thiophene rings is 1. The quantitative estimate of drug-likeness (QED) is 0.595. The van der Waals surface area contributed by atoms with Gasteiger partial charge in [0.1, 0.15) is 0 Å². The van der Waals surface area contributed by atoms with Crippen LogP contribution < -0.4 is 0 Å². The predicted octanol–water partition coefficient (Wildman–Crippen LogP) is 4.06. The average Bonchev–Trinajstić information content (AvgIpc) is 2.59. The maximum absolute atomic E-state index is 2.38. The van der Waals surface area contributed by atoms with Gasteiger partial charge in [0.2, 0.25) is 0 Å². The molecule has 0 atom stereocenters. The fourth-order valence-electron chi connectivity index (χ4n) is 2.45. The van der Waals surface area contributed by atoms with Gasteiger partial charge in [0, 0.05) is 9.75 Å². The van der Waals surface area contributed by atoms with Crippen molar-refractivity contribution < 1.29 is 0 Å². The molecule has 72 valence electrons. The minimum atomic E-state index is 1.24. The van der Waals surface area contributed by atoms with Gasteiger partial charge in [-0.3, -0.25) is 0 Å². The summed E-state index contributed by atoms with van der Waals surface area (Å²) in [6, 6.07) is 0. The van der Waals surface area contributed by atoms with E-state index >= 15 is 0 Å². The number of fused-ring (bicyclic) bond motifs is 3. The van der Waals surface area contributed by atoms with Gasteiger partial charge >= 0.3 is 0 Å². The first-order valence-corrected chi connectivity index (χ1v) is 6.16. The third-order valence-corrected chi connectivity index (χ3v) is 4.56. The molecule has 2 aliphatic rings. The summed E-state index contributed by atoms with van der Waals surface area (Å²) in [4.78, 5) is 3.09. The predicted molar refractivity (Wildman–Crippen MR) is 63.6 cm³/mol. The molecule has 0 amide bonds. The summed E-state index contributed by atoms with van der Waals surface area (Å²) in [5, 5.41) is 0. The van der Waals surface area contributed by atoms with Gasteiger partial charge in [-0.25, -0.2) is 0 Å². The third-order valence-electron chi connectivity index (χ3n) is 3.18. The van der Waals surface area contributed by atoms with Crippen molar-refractivity contribution in [3.05, 3.63) is 33.0 Å². The molecule has 0 saturated carbocycles. The van der Waals surface area contributed by atoms with Gasteiger partial charge < -0.3 is 0 Å². The molecule has 0 nitrogen and oxygen atoms in total. The fraction of sp³-hybridized carbons (Fsp3) is 0.385. The highest BCUT2D eigenvalue weighted by molar-refractivity contribution is 7.14. The van der Waals surface area contributed by atoms with E-state index in [-0.39, 0.29) is 0 Å². The molecule has 0 bridgehead atoms. The van der Waals surface area contributed by atoms with E-state index in [4.69, 9.17) is 0 Å². The standard InChI is InChI=1S/C13H14S/c1-9-5-4-7-11-10-6-2-3-8-12(10)14-13(9)11/h3,5,8H,2,4,6-7H2,1H3. The summed E-state index contributed by atoms with van der Waals surface area (Å²) in [5.41, 5.74) is 4.81. The van der Waals surface area contributed by atoms with E-state index in [9.17, 15) is 0 Å². The summed E-state index contributed by atoms with van der Waals surface area (Å²) in [7, 11) is 0. The molecular formula is C13H14S. The lowest BCUT2D eigenvalue weighted by Crippen LogP contribution is -1.99. The minimum absolute atomic E-state index is 1.24. The summed E-state index contributed by atoms with van der Waals surface area (Å²) in [6.07, 6.45) is 12.0. The Bertz CT molecular complexity index is 432. The van der Waals surface area contributed by atoms with Crippen molar-refractivity contribution in [2.24, 2.45) is 0 Å². The Kier molecular flexibility index (Phi) is 1.88. The van der Waals surface area contributed by atoms with Gasteiger partial charge in [-0.15, -0.1) is 11.3 Å². The first-order chi connectivity index (χ1) is 6.86. The van der Waals surface area contributed by atoms with Crippen LogP contribution in [0.1, 0.15) is 40.6 Å². The lowest BCUT2D eigenvalue weighted by Gasteiger charge is -2.12. The van der Waals surface area contributed by atoms with Crippen LogP contribution in [0.4, 0.5) is 0 Å². The van der Waals surface area contributed by atoms with Gasteiger partial charge in [0.05, 0.1) is 0 Å². The van der Waals surface area contributed by atoms with E-state index < -0.39 is 0 Å². The van der Waals surface area contributed by atoms with Crippen molar-refractivity contribution in [2.45, 2.75) is 32.6 Å². The molecule has 1 aromatic rings. The van der Waals surface area contributed by atoms with Crippen LogP contribution in [0.15, 0.2) is 12.2 Å². The molecule has 0 aromatic carbocycles. The SMILES string of the molecule is CC1=CCCc2c1sc1c2CCC=C1. The van der Waals surface area contributed by atoms with Crippen LogP contribution in [0.3, 0.4) is 0 Å². The van der Waals surface area contributed by atoms with Gasteiger partial charge in [-0.05, 0) is 55.4 Å². The Hall–Kier alpha value is -0.820. The minimum Gasteiger partial charge on any atom is -0.136 e. The average molecular weight is 202 g/mol. The van der Waals surface area contributed by atoms with Crippen LogP contribution in [-0.4, -0.2) is 0 Å². The smallest absolute Gasteiger partial charge is 0.0337 e. The Morgan fingerprint density at radius 1 is 1.14 bits per heavy atom. The Labute approximate surface area is 89.0 Å². The first kappa shape index (κ1) is 8.49. The van der Waals surface area contributed by atoms with E-state index in [1.165, 1.54) is 36.1 Å². The molecule has 0 aliphatic heterocycles. The maximum Gasteiger partial charge on any atom is 0.0337 e. The summed E-state index contributed by atoms with van der Waals surface area (Å²) >= 11 is 1.99. The zero-order valence-corrected chi connectivity index (χ0v) is 9.29. The topological polar surface area (TPSA) is 0 Å². The summed E-state index contributed by atoms with van der Waals surface area (Å²) in [6.45, 7) is 2.25. The molecule has 3 rings (SSSR count). The van der Waals surface area contributed by atoms with Crippen LogP contribution in [0.25, 0.3) is 11.6 Å². The van der Waals surface area contributed by atoms with Crippen molar-refractivity contribution in [3.63, 3.8) is 0 Å².